The van der Waals surface area contributed by atoms with Crippen molar-refractivity contribution in [1.82, 2.24) is 4.98 Å². The van der Waals surface area contributed by atoms with Crippen LogP contribution in [0.3, 0.4) is 0 Å². The van der Waals surface area contributed by atoms with E-state index in [1.54, 1.807) is 0 Å². The summed E-state index contributed by atoms with van der Waals surface area (Å²) in [4.78, 5) is 3.65. The topological polar surface area (TPSA) is 24.9 Å². The predicted octanol–water partition coefficient (Wildman–Crippen LogP) is 4.14. The van der Waals surface area contributed by atoms with Crippen molar-refractivity contribution in [3.8, 4) is 0 Å². The Morgan fingerprint density at radius 1 is 0.889 bits per heavy atom. The zero-order chi connectivity index (χ0) is 13.3. The van der Waals surface area contributed by atoms with Gasteiger partial charge in [-0.2, -0.15) is 0 Å². The Morgan fingerprint density at radius 3 is 2.22 bits per heavy atom. The molecule has 1 aromatic heterocycles. The van der Waals surface area contributed by atoms with Gasteiger partial charge < -0.3 is 5.32 Å². The summed E-state index contributed by atoms with van der Waals surface area (Å²) < 4.78 is 52.7. The molecule has 1 heterocycles. The van der Waals surface area contributed by atoms with E-state index < -0.39 is 29.0 Å². The largest absolute Gasteiger partial charge is 0.335 e. The quantitative estimate of drug-likeness (QED) is 0.664. The highest BCUT2D eigenvalue weighted by Crippen LogP contribution is 2.24. The summed E-state index contributed by atoms with van der Waals surface area (Å²) in [7, 11) is 0. The molecule has 1 N–H and O–H groups in total. The maximum absolute atomic E-state index is 13.4. The highest BCUT2D eigenvalue weighted by molar-refractivity contribution is 9.10. The van der Waals surface area contributed by atoms with Gasteiger partial charge in [-0.1, -0.05) is 0 Å². The molecule has 1 aromatic carbocycles. The minimum atomic E-state index is -1.32. The lowest BCUT2D eigenvalue weighted by Gasteiger charge is -2.08. The molecule has 0 saturated carbocycles. The van der Waals surface area contributed by atoms with Crippen LogP contribution in [0.25, 0.3) is 0 Å². The molecular formula is C11H5BrF4N2. The molecule has 0 aliphatic rings. The average molecular weight is 321 g/mol. The molecule has 0 unspecified atom stereocenters. The van der Waals surface area contributed by atoms with Gasteiger partial charge in [0.15, 0.2) is 23.3 Å². The molecule has 0 spiro atoms. The van der Waals surface area contributed by atoms with Crippen LogP contribution in [0.4, 0.5) is 29.1 Å². The Bertz CT molecular complexity index is 604. The molecule has 0 bridgehead atoms. The van der Waals surface area contributed by atoms with E-state index in [1.165, 1.54) is 6.20 Å². The number of pyridine rings is 1. The summed E-state index contributed by atoms with van der Waals surface area (Å²) in [5.74, 6) is -4.65. The molecule has 94 valence electrons. The second-order valence-corrected chi connectivity index (χ2v) is 4.27. The van der Waals surface area contributed by atoms with E-state index in [4.69, 9.17) is 0 Å². The zero-order valence-corrected chi connectivity index (χ0v) is 10.2. The zero-order valence-electron chi connectivity index (χ0n) is 8.65. The predicted molar refractivity (Wildman–Crippen MR) is 61.5 cm³/mol. The minimum Gasteiger partial charge on any atom is -0.335 e. The van der Waals surface area contributed by atoms with E-state index in [-0.39, 0.29) is 5.82 Å². The first-order valence-electron chi connectivity index (χ1n) is 4.70. The highest BCUT2D eigenvalue weighted by atomic mass is 79.9. The van der Waals surface area contributed by atoms with Crippen molar-refractivity contribution >= 4 is 27.4 Å². The first-order chi connectivity index (χ1) is 8.47. The van der Waals surface area contributed by atoms with Crippen molar-refractivity contribution in [2.75, 3.05) is 5.32 Å². The van der Waals surface area contributed by atoms with E-state index in [0.29, 0.717) is 16.6 Å². The van der Waals surface area contributed by atoms with Crippen molar-refractivity contribution < 1.29 is 17.6 Å². The summed E-state index contributed by atoms with van der Waals surface area (Å²) in [6.07, 6.45) is 1.28. The monoisotopic (exact) mass is 320 g/mol. The van der Waals surface area contributed by atoms with Gasteiger partial charge in [0.1, 0.15) is 5.82 Å². The third-order valence-electron chi connectivity index (χ3n) is 2.07. The Morgan fingerprint density at radius 2 is 1.56 bits per heavy atom. The van der Waals surface area contributed by atoms with Crippen LogP contribution < -0.4 is 5.32 Å². The van der Waals surface area contributed by atoms with Gasteiger partial charge in [0.2, 0.25) is 0 Å². The van der Waals surface area contributed by atoms with Crippen LogP contribution in [-0.4, -0.2) is 4.98 Å². The SMILES string of the molecule is Fc1cc(F)c(Nc2ncc(Br)cc2F)cc1F. The number of aromatic nitrogens is 1. The van der Waals surface area contributed by atoms with Crippen molar-refractivity contribution in [2.45, 2.75) is 0 Å². The fraction of sp³-hybridized carbons (Fsp3) is 0. The van der Waals surface area contributed by atoms with Crippen LogP contribution in [0.15, 0.2) is 28.9 Å². The lowest BCUT2D eigenvalue weighted by atomic mass is 10.2. The average Bonchev–Trinajstić information content (AvgIpc) is 2.29. The van der Waals surface area contributed by atoms with Gasteiger partial charge in [-0.05, 0) is 22.0 Å². The third-order valence-corrected chi connectivity index (χ3v) is 2.50. The molecule has 2 nitrogen and oxygen atoms in total. The van der Waals surface area contributed by atoms with Gasteiger partial charge >= 0.3 is 0 Å². The number of rotatable bonds is 2. The van der Waals surface area contributed by atoms with Gasteiger partial charge in [-0.15, -0.1) is 0 Å². The maximum atomic E-state index is 13.4. The number of anilines is 2. The number of halogens is 5. The summed E-state index contributed by atoms with van der Waals surface area (Å²) in [5, 5.41) is 2.25. The molecule has 0 aliphatic heterocycles. The molecule has 0 amide bonds. The Hall–Kier alpha value is -1.63. The molecule has 2 aromatic rings. The first-order valence-corrected chi connectivity index (χ1v) is 5.49. The molecule has 0 aliphatic carbocycles. The lowest BCUT2D eigenvalue weighted by molar-refractivity contribution is 0.496. The normalized spacial score (nSPS) is 10.5. The van der Waals surface area contributed by atoms with E-state index >= 15 is 0 Å². The van der Waals surface area contributed by atoms with Gasteiger partial charge in [-0.25, -0.2) is 22.5 Å². The smallest absolute Gasteiger partial charge is 0.166 e. The highest BCUT2D eigenvalue weighted by Gasteiger charge is 2.12. The van der Waals surface area contributed by atoms with Crippen LogP contribution in [0.2, 0.25) is 0 Å². The fourth-order valence-corrected chi connectivity index (χ4v) is 1.56. The van der Waals surface area contributed by atoms with E-state index in [1.807, 2.05) is 0 Å². The van der Waals surface area contributed by atoms with E-state index in [9.17, 15) is 17.6 Å². The maximum Gasteiger partial charge on any atom is 0.166 e. The number of hydrogen-bond donors (Lipinski definition) is 1. The number of nitrogens with zero attached hydrogens (tertiary/aromatic N) is 1. The molecule has 2 rings (SSSR count). The van der Waals surface area contributed by atoms with Crippen LogP contribution in [0.1, 0.15) is 0 Å². The van der Waals surface area contributed by atoms with Crippen molar-refractivity contribution in [2.24, 2.45) is 0 Å². The summed E-state index contributed by atoms with van der Waals surface area (Å²) in [6.45, 7) is 0. The van der Waals surface area contributed by atoms with Crippen molar-refractivity contribution in [3.63, 3.8) is 0 Å². The third kappa shape index (κ3) is 2.61. The number of benzene rings is 1. The van der Waals surface area contributed by atoms with Gasteiger partial charge in [0.05, 0.1) is 5.69 Å². The Labute approximate surface area is 108 Å². The van der Waals surface area contributed by atoms with Crippen LogP contribution >= 0.6 is 15.9 Å². The number of hydrogen-bond acceptors (Lipinski definition) is 2. The fourth-order valence-electron chi connectivity index (χ4n) is 1.25. The Kier molecular flexibility index (Phi) is 3.51. The first kappa shape index (κ1) is 12.8. The molecule has 7 heteroatoms. The molecule has 18 heavy (non-hydrogen) atoms. The molecular weight excluding hydrogens is 316 g/mol. The van der Waals surface area contributed by atoms with Gasteiger partial charge in [-0.3, -0.25) is 0 Å². The van der Waals surface area contributed by atoms with Crippen LogP contribution in [0.5, 0.6) is 0 Å². The van der Waals surface area contributed by atoms with E-state index in [2.05, 4.69) is 26.2 Å². The van der Waals surface area contributed by atoms with Crippen LogP contribution in [0, 0.1) is 23.3 Å². The summed E-state index contributed by atoms with van der Waals surface area (Å²) in [6, 6.07) is 2.06. The molecule has 0 radical (unpaired) electrons. The van der Waals surface area contributed by atoms with E-state index in [0.717, 1.165) is 6.07 Å². The second-order valence-electron chi connectivity index (χ2n) is 3.36. The van der Waals surface area contributed by atoms with Crippen molar-refractivity contribution in [3.05, 3.63) is 52.1 Å². The second kappa shape index (κ2) is 4.93. The lowest BCUT2D eigenvalue weighted by Crippen LogP contribution is -2.01. The van der Waals surface area contributed by atoms with Crippen molar-refractivity contribution in [1.29, 1.82) is 0 Å². The minimum absolute atomic E-state index is 0.289. The van der Waals surface area contributed by atoms with Gasteiger partial charge in [0, 0.05) is 22.8 Å². The standard InChI is InChI=1S/C11H5BrF4N2/c12-5-1-9(16)11(17-4-5)18-10-3-7(14)6(13)2-8(10)15/h1-4H,(H,17,18). The number of nitrogens with one attached hydrogen (secondary N) is 1. The van der Waals surface area contributed by atoms with Gasteiger partial charge in [0.25, 0.3) is 0 Å². The summed E-state index contributed by atoms with van der Waals surface area (Å²) in [5.41, 5.74) is -0.400. The summed E-state index contributed by atoms with van der Waals surface area (Å²) >= 11 is 3.00. The Balaban J connectivity index is 2.37. The molecule has 0 fully saturated rings. The molecule has 0 atom stereocenters. The molecule has 0 saturated heterocycles. The van der Waals surface area contributed by atoms with Crippen LogP contribution in [-0.2, 0) is 0 Å².